The number of allylic oxidation sites excluding steroid dienone is 1. The standard InChI is InChI=1S/C10H16N4O/c1-4-5-6-7-14(3)10(15)9-11-8(2)12-13-9/h4H,1,5-7H2,2-3H3,(H,11,12,13). The van der Waals surface area contributed by atoms with Gasteiger partial charge in [0.1, 0.15) is 5.82 Å². The Labute approximate surface area is 89.2 Å². The zero-order valence-corrected chi connectivity index (χ0v) is 9.16. The summed E-state index contributed by atoms with van der Waals surface area (Å²) >= 11 is 0. The lowest BCUT2D eigenvalue weighted by atomic mass is 10.3. The molecule has 0 aliphatic carbocycles. The highest BCUT2D eigenvalue weighted by molar-refractivity contribution is 5.90. The summed E-state index contributed by atoms with van der Waals surface area (Å²) in [5.74, 6) is 0.731. The van der Waals surface area contributed by atoms with Gasteiger partial charge in [0.05, 0.1) is 0 Å². The second-order valence-electron chi connectivity index (χ2n) is 3.40. The lowest BCUT2D eigenvalue weighted by Crippen LogP contribution is -2.28. The molecule has 0 bridgehead atoms. The van der Waals surface area contributed by atoms with Gasteiger partial charge < -0.3 is 4.90 Å². The van der Waals surface area contributed by atoms with E-state index in [2.05, 4.69) is 21.8 Å². The predicted molar refractivity (Wildman–Crippen MR) is 57.5 cm³/mol. The van der Waals surface area contributed by atoms with Gasteiger partial charge in [0, 0.05) is 13.6 Å². The van der Waals surface area contributed by atoms with Gasteiger partial charge in [0.25, 0.3) is 5.91 Å². The van der Waals surface area contributed by atoms with Crippen LogP contribution < -0.4 is 0 Å². The second-order valence-corrected chi connectivity index (χ2v) is 3.40. The highest BCUT2D eigenvalue weighted by atomic mass is 16.2. The molecule has 1 amide bonds. The zero-order valence-electron chi connectivity index (χ0n) is 9.16. The first-order chi connectivity index (χ1) is 7.15. The van der Waals surface area contributed by atoms with Crippen LogP contribution >= 0.6 is 0 Å². The largest absolute Gasteiger partial charge is 0.339 e. The molecule has 0 fully saturated rings. The van der Waals surface area contributed by atoms with E-state index in [0.29, 0.717) is 12.4 Å². The molecule has 0 aliphatic rings. The van der Waals surface area contributed by atoms with Crippen molar-refractivity contribution in [1.29, 1.82) is 0 Å². The van der Waals surface area contributed by atoms with Crippen LogP contribution in [0.4, 0.5) is 0 Å². The smallest absolute Gasteiger partial charge is 0.293 e. The van der Waals surface area contributed by atoms with E-state index in [1.165, 1.54) is 0 Å². The number of carbonyl (C=O) groups is 1. The number of aromatic amines is 1. The number of rotatable bonds is 5. The molecular formula is C10H16N4O. The number of nitrogens with zero attached hydrogens (tertiary/aromatic N) is 3. The van der Waals surface area contributed by atoms with Crippen molar-refractivity contribution in [3.63, 3.8) is 0 Å². The maximum absolute atomic E-state index is 11.7. The molecule has 0 saturated heterocycles. The Morgan fingerprint density at radius 2 is 2.40 bits per heavy atom. The van der Waals surface area contributed by atoms with Gasteiger partial charge in [0.15, 0.2) is 0 Å². The summed E-state index contributed by atoms with van der Waals surface area (Å²) in [6.07, 6.45) is 3.66. The fourth-order valence-corrected chi connectivity index (χ4v) is 1.18. The highest BCUT2D eigenvalue weighted by Gasteiger charge is 2.15. The van der Waals surface area contributed by atoms with E-state index in [1.54, 1.807) is 18.9 Å². The van der Waals surface area contributed by atoms with Crippen molar-refractivity contribution >= 4 is 5.91 Å². The van der Waals surface area contributed by atoms with Crippen LogP contribution in [0.25, 0.3) is 0 Å². The SMILES string of the molecule is C=CCCCN(C)C(=O)c1n[nH]c(C)n1. The van der Waals surface area contributed by atoms with Crippen molar-refractivity contribution in [1.82, 2.24) is 20.1 Å². The van der Waals surface area contributed by atoms with E-state index in [9.17, 15) is 4.79 Å². The minimum absolute atomic E-state index is 0.150. The van der Waals surface area contributed by atoms with Gasteiger partial charge in [-0.1, -0.05) is 6.08 Å². The molecule has 0 saturated carbocycles. The molecule has 0 radical (unpaired) electrons. The second kappa shape index (κ2) is 5.29. The molecule has 5 heteroatoms. The van der Waals surface area contributed by atoms with Gasteiger partial charge >= 0.3 is 0 Å². The Hall–Kier alpha value is -1.65. The van der Waals surface area contributed by atoms with Crippen molar-refractivity contribution in [2.24, 2.45) is 0 Å². The molecule has 0 atom stereocenters. The van der Waals surface area contributed by atoms with Crippen LogP contribution in [0.1, 0.15) is 29.3 Å². The average Bonchev–Trinajstić information content (AvgIpc) is 2.64. The monoisotopic (exact) mass is 208 g/mol. The minimum Gasteiger partial charge on any atom is -0.339 e. The van der Waals surface area contributed by atoms with Crippen molar-refractivity contribution < 1.29 is 4.79 Å². The summed E-state index contributed by atoms with van der Waals surface area (Å²) in [6, 6.07) is 0. The highest BCUT2D eigenvalue weighted by Crippen LogP contribution is 1.99. The Morgan fingerprint density at radius 1 is 1.67 bits per heavy atom. The van der Waals surface area contributed by atoms with Gasteiger partial charge in [-0.15, -0.1) is 11.7 Å². The van der Waals surface area contributed by atoms with Crippen molar-refractivity contribution in [3.05, 3.63) is 24.3 Å². The summed E-state index contributed by atoms with van der Waals surface area (Å²) in [4.78, 5) is 17.3. The molecule has 0 aromatic carbocycles. The molecule has 1 heterocycles. The van der Waals surface area contributed by atoms with E-state index >= 15 is 0 Å². The number of aryl methyl sites for hydroxylation is 1. The van der Waals surface area contributed by atoms with E-state index in [4.69, 9.17) is 0 Å². The molecule has 1 N–H and O–H groups in total. The Balaban J connectivity index is 2.49. The topological polar surface area (TPSA) is 61.9 Å². The van der Waals surface area contributed by atoms with Crippen LogP contribution in [0.2, 0.25) is 0 Å². The third-order valence-electron chi connectivity index (χ3n) is 2.04. The van der Waals surface area contributed by atoms with Gasteiger partial charge in [-0.05, 0) is 19.8 Å². The molecule has 0 spiro atoms. The Bertz CT molecular complexity index is 345. The maximum atomic E-state index is 11.7. The van der Waals surface area contributed by atoms with Gasteiger partial charge in [-0.3, -0.25) is 9.89 Å². The molecule has 1 aromatic heterocycles. The fraction of sp³-hybridized carbons (Fsp3) is 0.500. The summed E-state index contributed by atoms with van der Waals surface area (Å²) in [5, 5.41) is 6.46. The Morgan fingerprint density at radius 3 is 2.93 bits per heavy atom. The van der Waals surface area contributed by atoms with E-state index < -0.39 is 0 Å². The molecule has 1 aromatic rings. The first-order valence-electron chi connectivity index (χ1n) is 4.90. The lowest BCUT2D eigenvalue weighted by Gasteiger charge is -2.14. The fourth-order valence-electron chi connectivity index (χ4n) is 1.18. The third kappa shape index (κ3) is 3.19. The number of unbranched alkanes of at least 4 members (excludes halogenated alkanes) is 1. The van der Waals surface area contributed by atoms with Crippen LogP contribution in [0.3, 0.4) is 0 Å². The van der Waals surface area contributed by atoms with Crippen molar-refractivity contribution in [2.45, 2.75) is 19.8 Å². The summed E-state index contributed by atoms with van der Waals surface area (Å²) in [5.41, 5.74) is 0. The zero-order chi connectivity index (χ0) is 11.3. The number of hydrogen-bond acceptors (Lipinski definition) is 3. The number of nitrogens with one attached hydrogen (secondary N) is 1. The van der Waals surface area contributed by atoms with E-state index in [1.807, 2.05) is 6.08 Å². The van der Waals surface area contributed by atoms with E-state index in [0.717, 1.165) is 12.8 Å². The third-order valence-corrected chi connectivity index (χ3v) is 2.04. The van der Waals surface area contributed by atoms with Gasteiger partial charge in [-0.25, -0.2) is 4.98 Å². The quantitative estimate of drug-likeness (QED) is 0.583. The van der Waals surface area contributed by atoms with Crippen LogP contribution in [-0.4, -0.2) is 39.6 Å². The normalized spacial score (nSPS) is 10.0. The number of amides is 1. The van der Waals surface area contributed by atoms with Crippen LogP contribution in [0.15, 0.2) is 12.7 Å². The lowest BCUT2D eigenvalue weighted by molar-refractivity contribution is 0.0782. The van der Waals surface area contributed by atoms with E-state index in [-0.39, 0.29) is 11.7 Å². The number of carbonyl (C=O) groups excluding carboxylic acids is 1. The number of hydrogen-bond donors (Lipinski definition) is 1. The average molecular weight is 208 g/mol. The first-order valence-corrected chi connectivity index (χ1v) is 4.90. The molecule has 82 valence electrons. The van der Waals surface area contributed by atoms with Crippen molar-refractivity contribution in [3.8, 4) is 0 Å². The predicted octanol–water partition coefficient (Wildman–Crippen LogP) is 1.15. The Kier molecular flexibility index (Phi) is 4.03. The van der Waals surface area contributed by atoms with Gasteiger partial charge in [-0.2, -0.15) is 0 Å². The maximum Gasteiger partial charge on any atom is 0.293 e. The molecular weight excluding hydrogens is 192 g/mol. The van der Waals surface area contributed by atoms with Crippen LogP contribution in [0, 0.1) is 6.92 Å². The summed E-state index contributed by atoms with van der Waals surface area (Å²) in [7, 11) is 1.75. The van der Waals surface area contributed by atoms with Gasteiger partial charge in [0.2, 0.25) is 5.82 Å². The minimum atomic E-state index is -0.150. The number of aromatic nitrogens is 3. The molecule has 15 heavy (non-hydrogen) atoms. The van der Waals surface area contributed by atoms with Crippen molar-refractivity contribution in [2.75, 3.05) is 13.6 Å². The summed E-state index contributed by atoms with van der Waals surface area (Å²) < 4.78 is 0. The molecule has 5 nitrogen and oxygen atoms in total. The molecule has 0 unspecified atom stereocenters. The first kappa shape index (κ1) is 11.4. The van der Waals surface area contributed by atoms with Crippen LogP contribution in [0.5, 0.6) is 0 Å². The number of H-pyrrole nitrogens is 1. The van der Waals surface area contributed by atoms with Crippen LogP contribution in [-0.2, 0) is 0 Å². The summed E-state index contributed by atoms with van der Waals surface area (Å²) in [6.45, 7) is 6.09. The molecule has 1 rings (SSSR count). The molecule has 0 aliphatic heterocycles.